The Morgan fingerprint density at radius 1 is 1.40 bits per heavy atom. The molecule has 0 unspecified atom stereocenters. The van der Waals surface area contributed by atoms with Crippen molar-refractivity contribution in [2.75, 3.05) is 0 Å². The number of nitriles is 1. The summed E-state index contributed by atoms with van der Waals surface area (Å²) in [7, 11) is -5.85. The van der Waals surface area contributed by atoms with Crippen molar-refractivity contribution in [3.05, 3.63) is 5.89 Å². The van der Waals surface area contributed by atoms with Gasteiger partial charge in [0.2, 0.25) is 0 Å². The lowest BCUT2D eigenvalue weighted by Gasteiger charge is -2.04. The molecule has 0 N–H and O–H groups in total. The number of rotatable bonds is 2. The van der Waals surface area contributed by atoms with Gasteiger partial charge in [0.15, 0.2) is 6.07 Å². The van der Waals surface area contributed by atoms with Crippen LogP contribution in [-0.2, 0) is 10.1 Å². The molecule has 0 aliphatic carbocycles. The molecule has 0 bridgehead atoms. The zero-order valence-electron chi connectivity index (χ0n) is 6.52. The zero-order chi connectivity index (χ0) is 11.7. The van der Waals surface area contributed by atoms with Crippen molar-refractivity contribution < 1.29 is 30.2 Å². The number of hydrogen-bond donors (Lipinski definition) is 0. The van der Waals surface area contributed by atoms with E-state index in [2.05, 4.69) is 18.8 Å². The van der Waals surface area contributed by atoms with Gasteiger partial charge < -0.3 is 8.60 Å². The van der Waals surface area contributed by atoms with Crippen molar-refractivity contribution in [2.45, 2.75) is 5.51 Å². The molecule has 0 radical (unpaired) electrons. The summed E-state index contributed by atoms with van der Waals surface area (Å²) in [6.07, 6.45) is -1.27. The van der Waals surface area contributed by atoms with Crippen molar-refractivity contribution in [3.63, 3.8) is 0 Å². The number of aromatic nitrogens is 2. The van der Waals surface area contributed by atoms with Crippen LogP contribution >= 0.6 is 0 Å². The molecule has 0 aliphatic rings. The average molecular weight is 243 g/mol. The first-order chi connectivity index (χ1) is 6.76. The quantitative estimate of drug-likeness (QED) is 0.538. The fraction of sp³-hybridized carbons (Fsp3) is 0.250. The third-order valence-corrected chi connectivity index (χ3v) is 1.90. The SMILES string of the molecule is N#Cc1nnc(OS(=O)(=O)C(F)(F)F)o1. The van der Waals surface area contributed by atoms with Gasteiger partial charge in [0.1, 0.15) is 0 Å². The first-order valence-corrected chi connectivity index (χ1v) is 4.41. The smallest absolute Gasteiger partial charge is 0.379 e. The van der Waals surface area contributed by atoms with Crippen molar-refractivity contribution in [1.29, 1.82) is 5.26 Å². The molecule has 0 saturated carbocycles. The molecule has 1 aromatic rings. The highest BCUT2D eigenvalue weighted by Crippen LogP contribution is 2.25. The lowest BCUT2D eigenvalue weighted by atomic mass is 10.8. The number of hydrogen-bond acceptors (Lipinski definition) is 7. The van der Waals surface area contributed by atoms with Crippen LogP contribution in [0.25, 0.3) is 0 Å². The number of alkyl halides is 3. The predicted molar refractivity (Wildman–Crippen MR) is 34.6 cm³/mol. The minimum Gasteiger partial charge on any atom is -0.379 e. The number of halogens is 3. The fourth-order valence-electron chi connectivity index (χ4n) is 0.430. The summed E-state index contributed by atoms with van der Waals surface area (Å²) in [6, 6.07) is 1.28. The van der Waals surface area contributed by atoms with Crippen LogP contribution in [0.2, 0.25) is 0 Å². The summed E-state index contributed by atoms with van der Waals surface area (Å²) >= 11 is 0. The number of nitrogens with zero attached hydrogens (tertiary/aromatic N) is 3. The molecule has 1 aromatic heterocycles. The molecule has 15 heavy (non-hydrogen) atoms. The molecule has 1 heterocycles. The van der Waals surface area contributed by atoms with Crippen LogP contribution in [0, 0.1) is 11.3 Å². The Morgan fingerprint density at radius 3 is 2.40 bits per heavy atom. The van der Waals surface area contributed by atoms with E-state index in [-0.39, 0.29) is 0 Å². The molecule has 0 atom stereocenters. The van der Waals surface area contributed by atoms with E-state index < -0.39 is 27.6 Å². The standard InChI is InChI=1S/C4F3N3O4S/c5-4(6,7)15(11,12)14-3-10-9-2(1-8)13-3. The molecule has 1 rings (SSSR count). The highest BCUT2D eigenvalue weighted by molar-refractivity contribution is 7.87. The maximum absolute atomic E-state index is 11.7. The average Bonchev–Trinajstić information content (AvgIpc) is 2.49. The Labute approximate surface area is 80.2 Å². The molecule has 7 nitrogen and oxygen atoms in total. The van der Waals surface area contributed by atoms with Crippen LogP contribution in [0.5, 0.6) is 6.08 Å². The van der Waals surface area contributed by atoms with Gasteiger partial charge in [-0.25, -0.2) is 0 Å². The van der Waals surface area contributed by atoms with Crippen molar-refractivity contribution in [3.8, 4) is 12.1 Å². The zero-order valence-corrected chi connectivity index (χ0v) is 7.33. The topological polar surface area (TPSA) is 106 Å². The van der Waals surface area contributed by atoms with Crippen LogP contribution in [-0.4, -0.2) is 24.1 Å². The highest BCUT2D eigenvalue weighted by atomic mass is 32.2. The van der Waals surface area contributed by atoms with Crippen LogP contribution in [0.1, 0.15) is 5.89 Å². The maximum Gasteiger partial charge on any atom is 0.534 e. The van der Waals surface area contributed by atoms with Crippen LogP contribution in [0.4, 0.5) is 13.2 Å². The predicted octanol–water partition coefficient (Wildman–Crippen LogP) is 0.170. The van der Waals surface area contributed by atoms with Gasteiger partial charge in [-0.15, -0.1) is 0 Å². The Kier molecular flexibility index (Phi) is 2.54. The van der Waals surface area contributed by atoms with E-state index in [1.807, 2.05) is 0 Å². The van der Waals surface area contributed by atoms with Crippen molar-refractivity contribution >= 4 is 10.1 Å². The first-order valence-electron chi connectivity index (χ1n) is 3.00. The summed E-state index contributed by atoms with van der Waals surface area (Å²) < 4.78 is 63.4. The summed E-state index contributed by atoms with van der Waals surface area (Å²) in [4.78, 5) is 0. The second-order valence-corrected chi connectivity index (χ2v) is 3.51. The van der Waals surface area contributed by atoms with Gasteiger partial charge in [-0.1, -0.05) is 10.2 Å². The second kappa shape index (κ2) is 3.39. The largest absolute Gasteiger partial charge is 0.534 e. The molecule has 11 heteroatoms. The first kappa shape index (κ1) is 11.2. The molecular weight excluding hydrogens is 243 g/mol. The van der Waals surface area contributed by atoms with E-state index in [0.717, 1.165) is 0 Å². The van der Waals surface area contributed by atoms with E-state index in [9.17, 15) is 21.6 Å². The minimum absolute atomic E-state index is 0.720. The lowest BCUT2D eigenvalue weighted by molar-refractivity contribution is -0.0508. The summed E-state index contributed by atoms with van der Waals surface area (Å²) in [5.41, 5.74) is -5.60. The minimum atomic E-state index is -5.85. The molecule has 0 fully saturated rings. The Hall–Kier alpha value is -1.83. The van der Waals surface area contributed by atoms with Gasteiger partial charge in [0.05, 0.1) is 0 Å². The van der Waals surface area contributed by atoms with Gasteiger partial charge in [-0.3, -0.25) is 0 Å². The van der Waals surface area contributed by atoms with Crippen LogP contribution < -0.4 is 4.18 Å². The van der Waals surface area contributed by atoms with Crippen molar-refractivity contribution in [2.24, 2.45) is 0 Å². The molecule has 0 aromatic carbocycles. The molecular formula is C4F3N3O4S. The normalized spacial score (nSPS) is 12.1. The molecule has 0 saturated heterocycles. The Morgan fingerprint density at radius 2 is 2.00 bits per heavy atom. The van der Waals surface area contributed by atoms with Gasteiger partial charge in [-0.05, 0) is 0 Å². The van der Waals surface area contributed by atoms with Crippen LogP contribution in [0.15, 0.2) is 4.42 Å². The third kappa shape index (κ3) is 2.34. The van der Waals surface area contributed by atoms with E-state index in [1.165, 1.54) is 6.07 Å². The highest BCUT2D eigenvalue weighted by Gasteiger charge is 2.49. The molecule has 0 amide bonds. The summed E-state index contributed by atoms with van der Waals surface area (Å²) in [5, 5.41) is 13.7. The third-order valence-electron chi connectivity index (χ3n) is 0.967. The van der Waals surface area contributed by atoms with Gasteiger partial charge in [0, 0.05) is 0 Å². The monoisotopic (exact) mass is 243 g/mol. The summed E-state index contributed by atoms with van der Waals surface area (Å²) in [5.74, 6) is -0.720. The van der Waals surface area contributed by atoms with Gasteiger partial charge >= 0.3 is 27.6 Å². The van der Waals surface area contributed by atoms with E-state index in [1.54, 1.807) is 0 Å². The van der Waals surface area contributed by atoms with Gasteiger partial charge in [0.25, 0.3) is 0 Å². The molecule has 0 aliphatic heterocycles. The van der Waals surface area contributed by atoms with E-state index in [0.29, 0.717) is 0 Å². The maximum atomic E-state index is 11.7. The molecule has 0 spiro atoms. The fourth-order valence-corrected chi connectivity index (χ4v) is 0.779. The lowest BCUT2D eigenvalue weighted by Crippen LogP contribution is -2.28. The Balaban J connectivity index is 2.93. The van der Waals surface area contributed by atoms with E-state index >= 15 is 0 Å². The van der Waals surface area contributed by atoms with Gasteiger partial charge in [-0.2, -0.15) is 26.9 Å². The van der Waals surface area contributed by atoms with Crippen molar-refractivity contribution in [1.82, 2.24) is 10.2 Å². The summed E-state index contributed by atoms with van der Waals surface area (Å²) in [6.45, 7) is 0. The van der Waals surface area contributed by atoms with Crippen LogP contribution in [0.3, 0.4) is 0 Å². The second-order valence-electron chi connectivity index (χ2n) is 1.97. The van der Waals surface area contributed by atoms with E-state index in [4.69, 9.17) is 5.26 Å². The molecule has 82 valence electrons. The Bertz CT molecular complexity index is 498.